The largest absolute Gasteiger partial charge is 0.310 e. The van der Waals surface area contributed by atoms with Gasteiger partial charge in [0.1, 0.15) is 0 Å². The predicted molar refractivity (Wildman–Crippen MR) is 494 cm³/mol. The first-order chi connectivity index (χ1) is 56.6. The van der Waals surface area contributed by atoms with Crippen molar-refractivity contribution in [3.63, 3.8) is 0 Å². The van der Waals surface area contributed by atoms with Gasteiger partial charge in [-0.1, -0.05) is 323 Å². The third kappa shape index (κ3) is 11.6. The lowest BCUT2D eigenvalue weighted by atomic mass is 9.94. The van der Waals surface area contributed by atoms with Crippen molar-refractivity contribution in [2.45, 2.75) is 7.43 Å². The van der Waals surface area contributed by atoms with Gasteiger partial charge < -0.3 is 18.9 Å². The third-order valence-corrected chi connectivity index (χ3v) is 23.5. The summed E-state index contributed by atoms with van der Waals surface area (Å²) in [7, 11) is 0. The quantitative estimate of drug-likeness (QED) is 0.120. The Morgan fingerprint density at radius 1 is 0.139 bits per heavy atom. The summed E-state index contributed by atoms with van der Waals surface area (Å²) in [5.74, 6) is 0. The van der Waals surface area contributed by atoms with Crippen LogP contribution in [-0.2, 0) is 0 Å². The van der Waals surface area contributed by atoms with E-state index in [1.165, 1.54) is 175 Å². The van der Waals surface area contributed by atoms with E-state index in [0.717, 1.165) is 34.1 Å². The summed E-state index contributed by atoms with van der Waals surface area (Å²) in [5.41, 5.74) is 21.1. The molecule has 0 fully saturated rings. The predicted octanol–water partition coefficient (Wildman–Crippen LogP) is 31.4. The highest BCUT2D eigenvalue weighted by Crippen LogP contribution is 2.47. The Balaban J connectivity index is 0.000000144. The van der Waals surface area contributed by atoms with Crippen molar-refractivity contribution >= 4 is 164 Å². The molecule has 0 aliphatic carbocycles. The minimum absolute atomic E-state index is 0. The maximum atomic E-state index is 2.43. The molecule has 23 rings (SSSR count). The van der Waals surface area contributed by atoms with Gasteiger partial charge in [0.05, 0.1) is 33.4 Å². The second-order valence-corrected chi connectivity index (χ2v) is 29.8. The van der Waals surface area contributed by atoms with Gasteiger partial charge in [-0.15, -0.1) is 0 Å². The van der Waals surface area contributed by atoms with E-state index in [9.17, 15) is 0 Å². The van der Waals surface area contributed by atoms with E-state index in [2.05, 4.69) is 456 Å². The number of fused-ring (bicyclic) bond motifs is 20. The Hall–Kier alpha value is -15.1. The van der Waals surface area contributed by atoms with Crippen LogP contribution >= 0.6 is 0 Å². The smallest absolute Gasteiger partial charge is 0.0541 e. The molecule has 21 aromatic carbocycles. The molecule has 4 nitrogen and oxygen atoms in total. The van der Waals surface area contributed by atoms with Gasteiger partial charge in [0.2, 0.25) is 0 Å². The highest BCUT2D eigenvalue weighted by Gasteiger charge is 2.22. The average molecular weight is 1470 g/mol. The summed E-state index contributed by atoms with van der Waals surface area (Å²) in [4.78, 5) is 4.76. The Morgan fingerprint density at radius 3 is 0.774 bits per heavy atom. The average Bonchev–Trinajstić information content (AvgIpc) is 1.39. The Bertz CT molecular complexity index is 7630. The molecule has 4 heteroatoms. The molecule has 0 aliphatic rings. The molecule has 0 amide bonds. The highest BCUT2D eigenvalue weighted by atomic mass is 15.1. The molecule has 115 heavy (non-hydrogen) atoms. The SMILES string of the molecule is C.c1ccc(-c2ccc(N(c3ccc(-c4ccc5c(c4)c4ccccc4n5-c4cccc5ccccc45)cc3)c3ccc4c5ccccc5c5ccccc5c4c3)cc2)cc1.c1ccc(N(c2ccc(-c3ccc4c(c3)c3ccccc3n4-c3cccc4ccccc34)cc2)c2ccc3c4ccccc4c4ccccc4c3c2)cc1. The molecule has 2 aromatic heterocycles. The maximum absolute atomic E-state index is 2.43. The molecule has 0 atom stereocenters. The van der Waals surface area contributed by atoms with E-state index in [1.807, 2.05) is 0 Å². The van der Waals surface area contributed by atoms with Crippen LogP contribution in [-0.4, -0.2) is 9.13 Å². The lowest BCUT2D eigenvalue weighted by Gasteiger charge is -2.26. The van der Waals surface area contributed by atoms with Gasteiger partial charge in [-0.25, -0.2) is 0 Å². The summed E-state index contributed by atoms with van der Waals surface area (Å²) in [6.45, 7) is 0. The standard InChI is InChI=1S/C58H38N2.C52H34N2.CH4/c1-2-13-39(14-3-1)40-25-30-44(31-26-40)59(46-34-35-52-50-20-7-6-18-48(50)49-19-8-9-21-51(49)54(52)38-46)45-32-27-41(28-33-45)43-29-36-58-55(37-43)53-22-10-11-23-57(53)60(58)56-24-12-16-42-15-4-5-17-47(42)56;1-2-15-38(16-3-1)53(40-30-31-46-44-20-7-6-18-42(44)43-19-8-9-21-45(43)48(46)34-40)39-28-25-35(26-29-39)37-27-32-52-49(33-37)47-22-10-11-23-51(47)54(52)50-24-12-14-36-13-4-5-17-41(36)50;/h1-38H;1-34H;1H4. The van der Waals surface area contributed by atoms with Gasteiger partial charge in [0, 0.05) is 66.4 Å². The van der Waals surface area contributed by atoms with Crippen LogP contribution in [0, 0.1) is 0 Å². The molecule has 23 aromatic rings. The van der Waals surface area contributed by atoms with E-state index < -0.39 is 0 Å². The molecule has 0 saturated carbocycles. The summed E-state index contributed by atoms with van der Waals surface area (Å²) in [5, 5.41) is 25.3. The molecular formula is C111H76N4. The van der Waals surface area contributed by atoms with Crippen LogP contribution in [0.3, 0.4) is 0 Å². The zero-order chi connectivity index (χ0) is 75.2. The van der Waals surface area contributed by atoms with Crippen molar-refractivity contribution in [3.05, 3.63) is 437 Å². The number of para-hydroxylation sites is 3. The lowest BCUT2D eigenvalue weighted by molar-refractivity contribution is 1.20. The first-order valence-electron chi connectivity index (χ1n) is 39.3. The number of hydrogen-bond donors (Lipinski definition) is 0. The van der Waals surface area contributed by atoms with Crippen LogP contribution in [0.15, 0.2) is 437 Å². The summed E-state index contributed by atoms with van der Waals surface area (Å²) in [6.07, 6.45) is 0. The number of anilines is 6. The number of nitrogens with zero attached hydrogens (tertiary/aromatic N) is 4. The molecule has 0 bridgehead atoms. The molecule has 540 valence electrons. The van der Waals surface area contributed by atoms with Crippen molar-refractivity contribution in [2.24, 2.45) is 0 Å². The second kappa shape index (κ2) is 28.3. The number of benzene rings is 21. The van der Waals surface area contributed by atoms with E-state index in [4.69, 9.17) is 0 Å². The number of aromatic nitrogens is 2. The zero-order valence-corrected chi connectivity index (χ0v) is 62.4. The molecule has 0 unspecified atom stereocenters. The van der Waals surface area contributed by atoms with Crippen molar-refractivity contribution < 1.29 is 0 Å². The monoisotopic (exact) mass is 1460 g/mol. The summed E-state index contributed by atoms with van der Waals surface area (Å²) < 4.78 is 4.85. The van der Waals surface area contributed by atoms with Crippen LogP contribution in [0.25, 0.3) is 175 Å². The highest BCUT2D eigenvalue weighted by molar-refractivity contribution is 6.27. The molecule has 2 heterocycles. The Morgan fingerprint density at radius 2 is 0.391 bits per heavy atom. The fourth-order valence-corrected chi connectivity index (χ4v) is 18.2. The molecule has 0 spiro atoms. The van der Waals surface area contributed by atoms with Crippen molar-refractivity contribution in [1.82, 2.24) is 9.13 Å². The maximum Gasteiger partial charge on any atom is 0.0541 e. The van der Waals surface area contributed by atoms with Crippen LogP contribution in [0.5, 0.6) is 0 Å². The van der Waals surface area contributed by atoms with Crippen LogP contribution < -0.4 is 9.80 Å². The Labute approximate surface area is 667 Å². The van der Waals surface area contributed by atoms with Crippen molar-refractivity contribution in [1.29, 1.82) is 0 Å². The summed E-state index contributed by atoms with van der Waals surface area (Å²) >= 11 is 0. The first kappa shape index (κ1) is 68.0. The van der Waals surface area contributed by atoms with Gasteiger partial charge >= 0.3 is 0 Å². The second-order valence-electron chi connectivity index (χ2n) is 29.8. The molecular weight excluding hydrogens is 1390 g/mol. The van der Waals surface area contributed by atoms with Crippen molar-refractivity contribution in [3.8, 4) is 44.8 Å². The normalized spacial score (nSPS) is 11.6. The van der Waals surface area contributed by atoms with Crippen LogP contribution in [0.4, 0.5) is 34.1 Å². The van der Waals surface area contributed by atoms with Crippen LogP contribution in [0.1, 0.15) is 7.43 Å². The third-order valence-electron chi connectivity index (χ3n) is 23.5. The number of hydrogen-bond acceptors (Lipinski definition) is 2. The minimum atomic E-state index is 0. The van der Waals surface area contributed by atoms with Crippen molar-refractivity contribution in [2.75, 3.05) is 9.80 Å². The molecule has 0 saturated heterocycles. The van der Waals surface area contributed by atoms with E-state index >= 15 is 0 Å². The lowest BCUT2D eigenvalue weighted by Crippen LogP contribution is -2.10. The van der Waals surface area contributed by atoms with Gasteiger partial charge in [0.15, 0.2) is 0 Å². The van der Waals surface area contributed by atoms with Crippen LogP contribution in [0.2, 0.25) is 0 Å². The molecule has 0 N–H and O–H groups in total. The molecule has 0 radical (unpaired) electrons. The fourth-order valence-electron chi connectivity index (χ4n) is 18.2. The van der Waals surface area contributed by atoms with Gasteiger partial charge in [-0.05, 0) is 230 Å². The minimum Gasteiger partial charge on any atom is -0.310 e. The van der Waals surface area contributed by atoms with E-state index in [0.29, 0.717) is 0 Å². The van der Waals surface area contributed by atoms with E-state index in [1.54, 1.807) is 0 Å². The fraction of sp³-hybridized carbons (Fsp3) is 0.00901. The van der Waals surface area contributed by atoms with E-state index in [-0.39, 0.29) is 7.43 Å². The number of rotatable bonds is 11. The Kier molecular flexibility index (Phi) is 16.7. The van der Waals surface area contributed by atoms with Gasteiger partial charge in [-0.3, -0.25) is 0 Å². The van der Waals surface area contributed by atoms with Gasteiger partial charge in [0.25, 0.3) is 0 Å². The topological polar surface area (TPSA) is 16.3 Å². The van der Waals surface area contributed by atoms with Gasteiger partial charge in [-0.2, -0.15) is 0 Å². The summed E-state index contributed by atoms with van der Waals surface area (Å²) in [6, 6.07) is 159. The molecule has 0 aliphatic heterocycles. The zero-order valence-electron chi connectivity index (χ0n) is 62.4. The first-order valence-corrected chi connectivity index (χ1v) is 39.3.